The zero-order valence-corrected chi connectivity index (χ0v) is 10.9. The van der Waals surface area contributed by atoms with Gasteiger partial charge in [0.2, 0.25) is 0 Å². The van der Waals surface area contributed by atoms with Gasteiger partial charge in [0.1, 0.15) is 11.5 Å². The minimum atomic E-state index is 0.208. The maximum atomic E-state index is 11.4. The van der Waals surface area contributed by atoms with Gasteiger partial charge < -0.3 is 4.74 Å². The maximum absolute atomic E-state index is 11.4. The van der Waals surface area contributed by atoms with Gasteiger partial charge in [-0.3, -0.25) is 4.79 Å². The van der Waals surface area contributed by atoms with Crippen LogP contribution >= 0.6 is 0 Å². The number of Topliss-reactive ketones (excluding diaryl/α,β-unsaturated/α-hetero) is 1. The van der Waals surface area contributed by atoms with Crippen molar-refractivity contribution in [1.29, 1.82) is 0 Å². The first-order valence-corrected chi connectivity index (χ1v) is 6.31. The summed E-state index contributed by atoms with van der Waals surface area (Å²) in [4.78, 5) is 11.4. The van der Waals surface area contributed by atoms with Crippen LogP contribution in [-0.2, 0) is 24.1 Å². The second-order valence-electron chi connectivity index (χ2n) is 4.92. The molecule has 1 aliphatic carbocycles. The molecule has 0 aliphatic heterocycles. The SMILES string of the molecule is COc1cc(C)c2c(c1CC(C)=O)CCCC2. The van der Waals surface area contributed by atoms with Gasteiger partial charge in [-0.15, -0.1) is 0 Å². The molecule has 1 aromatic rings. The van der Waals surface area contributed by atoms with Crippen molar-refractivity contribution >= 4 is 5.78 Å². The van der Waals surface area contributed by atoms with E-state index < -0.39 is 0 Å². The van der Waals surface area contributed by atoms with Crippen molar-refractivity contribution in [3.05, 3.63) is 28.3 Å². The summed E-state index contributed by atoms with van der Waals surface area (Å²) >= 11 is 0. The molecule has 0 unspecified atom stereocenters. The molecule has 2 rings (SSSR count). The van der Waals surface area contributed by atoms with Gasteiger partial charge in [-0.1, -0.05) is 0 Å². The highest BCUT2D eigenvalue weighted by atomic mass is 16.5. The number of ether oxygens (including phenoxy) is 1. The lowest BCUT2D eigenvalue weighted by molar-refractivity contribution is -0.116. The predicted octanol–water partition coefficient (Wildman–Crippen LogP) is 3.01. The quantitative estimate of drug-likeness (QED) is 0.800. The van der Waals surface area contributed by atoms with E-state index in [1.165, 1.54) is 29.5 Å². The molecule has 0 spiro atoms. The van der Waals surface area contributed by atoms with Crippen molar-refractivity contribution in [2.24, 2.45) is 0 Å². The minimum Gasteiger partial charge on any atom is -0.496 e. The van der Waals surface area contributed by atoms with E-state index in [1.54, 1.807) is 14.0 Å². The van der Waals surface area contributed by atoms with Crippen molar-refractivity contribution in [2.45, 2.75) is 46.0 Å². The van der Waals surface area contributed by atoms with Crippen LogP contribution in [0.5, 0.6) is 5.75 Å². The number of aryl methyl sites for hydroxylation is 1. The Balaban J connectivity index is 2.56. The lowest BCUT2D eigenvalue weighted by Crippen LogP contribution is -2.12. The summed E-state index contributed by atoms with van der Waals surface area (Å²) in [7, 11) is 1.69. The molecule has 17 heavy (non-hydrogen) atoms. The van der Waals surface area contributed by atoms with Crippen LogP contribution in [0.25, 0.3) is 0 Å². The van der Waals surface area contributed by atoms with E-state index in [9.17, 15) is 4.79 Å². The summed E-state index contributed by atoms with van der Waals surface area (Å²) in [6, 6.07) is 2.09. The van der Waals surface area contributed by atoms with Crippen LogP contribution in [0.3, 0.4) is 0 Å². The lowest BCUT2D eigenvalue weighted by Gasteiger charge is -2.23. The average Bonchev–Trinajstić information content (AvgIpc) is 2.32. The third-order valence-electron chi connectivity index (χ3n) is 3.60. The summed E-state index contributed by atoms with van der Waals surface area (Å²) < 4.78 is 5.44. The van der Waals surface area contributed by atoms with Gasteiger partial charge in [0.05, 0.1) is 7.11 Å². The largest absolute Gasteiger partial charge is 0.496 e. The first-order chi connectivity index (χ1) is 8.13. The molecule has 0 atom stereocenters. The van der Waals surface area contributed by atoms with Crippen molar-refractivity contribution in [1.82, 2.24) is 0 Å². The molecule has 1 aromatic carbocycles. The number of methoxy groups -OCH3 is 1. The van der Waals surface area contributed by atoms with Crippen molar-refractivity contribution < 1.29 is 9.53 Å². The summed E-state index contributed by atoms with van der Waals surface area (Å²) in [5, 5.41) is 0. The smallest absolute Gasteiger partial charge is 0.134 e. The maximum Gasteiger partial charge on any atom is 0.134 e. The van der Waals surface area contributed by atoms with E-state index >= 15 is 0 Å². The first kappa shape index (κ1) is 12.2. The highest BCUT2D eigenvalue weighted by Crippen LogP contribution is 2.34. The van der Waals surface area contributed by atoms with Gasteiger partial charge in [0.25, 0.3) is 0 Å². The number of hydrogen-bond acceptors (Lipinski definition) is 2. The van der Waals surface area contributed by atoms with Crippen molar-refractivity contribution in [3.63, 3.8) is 0 Å². The molecule has 0 heterocycles. The fourth-order valence-electron chi connectivity index (χ4n) is 2.82. The molecule has 0 aromatic heterocycles. The molecule has 1 aliphatic rings. The highest BCUT2D eigenvalue weighted by molar-refractivity contribution is 5.80. The van der Waals surface area contributed by atoms with E-state index in [-0.39, 0.29) is 5.78 Å². The van der Waals surface area contributed by atoms with Gasteiger partial charge in [-0.25, -0.2) is 0 Å². The van der Waals surface area contributed by atoms with Gasteiger partial charge in [0, 0.05) is 12.0 Å². The minimum absolute atomic E-state index is 0.208. The Labute approximate surface area is 103 Å². The molecular weight excluding hydrogens is 212 g/mol. The molecular formula is C15H20O2. The molecule has 0 amide bonds. The van der Waals surface area contributed by atoms with Crippen LogP contribution in [0.1, 0.15) is 42.0 Å². The molecule has 0 saturated carbocycles. The second kappa shape index (κ2) is 4.91. The third kappa shape index (κ3) is 2.36. The van der Waals surface area contributed by atoms with Crippen LogP contribution in [0, 0.1) is 6.92 Å². The summed E-state index contributed by atoms with van der Waals surface area (Å²) in [6.45, 7) is 3.79. The zero-order chi connectivity index (χ0) is 12.4. The normalized spacial score (nSPS) is 14.3. The highest BCUT2D eigenvalue weighted by Gasteiger charge is 2.20. The number of hydrogen-bond donors (Lipinski definition) is 0. The number of carbonyl (C=O) groups excluding carboxylic acids is 1. The Morgan fingerprint density at radius 2 is 1.94 bits per heavy atom. The van der Waals surface area contributed by atoms with E-state index in [0.717, 1.165) is 24.2 Å². The number of carbonyl (C=O) groups is 1. The summed E-state index contributed by atoms with van der Waals surface area (Å²) in [5.74, 6) is 1.10. The summed E-state index contributed by atoms with van der Waals surface area (Å²) in [5.41, 5.74) is 5.26. The molecule has 92 valence electrons. The number of benzene rings is 1. The van der Waals surface area contributed by atoms with E-state index in [2.05, 4.69) is 13.0 Å². The second-order valence-corrected chi connectivity index (χ2v) is 4.92. The number of ketones is 1. The van der Waals surface area contributed by atoms with Crippen LogP contribution in [0.2, 0.25) is 0 Å². The number of rotatable bonds is 3. The summed E-state index contributed by atoms with van der Waals surface area (Å²) in [6.07, 6.45) is 5.24. The molecule has 0 bridgehead atoms. The van der Waals surface area contributed by atoms with E-state index in [0.29, 0.717) is 6.42 Å². The zero-order valence-electron chi connectivity index (χ0n) is 10.9. The van der Waals surface area contributed by atoms with Gasteiger partial charge >= 0.3 is 0 Å². The third-order valence-corrected chi connectivity index (χ3v) is 3.60. The molecule has 2 heteroatoms. The Hall–Kier alpha value is -1.31. The fraction of sp³-hybridized carbons (Fsp3) is 0.533. The van der Waals surface area contributed by atoms with E-state index in [1.807, 2.05) is 0 Å². The Kier molecular flexibility index (Phi) is 3.51. The molecule has 0 N–H and O–H groups in total. The molecule has 0 fully saturated rings. The monoisotopic (exact) mass is 232 g/mol. The predicted molar refractivity (Wildman–Crippen MR) is 68.8 cm³/mol. The van der Waals surface area contributed by atoms with Crippen molar-refractivity contribution in [3.8, 4) is 5.75 Å². The molecule has 0 saturated heterocycles. The topological polar surface area (TPSA) is 26.3 Å². The van der Waals surface area contributed by atoms with Crippen LogP contribution in [0.15, 0.2) is 6.07 Å². The van der Waals surface area contributed by atoms with Gasteiger partial charge in [-0.05, 0) is 62.3 Å². The first-order valence-electron chi connectivity index (χ1n) is 6.31. The Bertz CT molecular complexity index is 447. The average molecular weight is 232 g/mol. The van der Waals surface area contributed by atoms with Crippen LogP contribution in [-0.4, -0.2) is 12.9 Å². The van der Waals surface area contributed by atoms with Crippen molar-refractivity contribution in [2.75, 3.05) is 7.11 Å². The Morgan fingerprint density at radius 1 is 1.29 bits per heavy atom. The lowest BCUT2D eigenvalue weighted by atomic mass is 9.83. The number of fused-ring (bicyclic) bond motifs is 1. The van der Waals surface area contributed by atoms with E-state index in [4.69, 9.17) is 4.74 Å². The molecule has 2 nitrogen and oxygen atoms in total. The van der Waals surface area contributed by atoms with Gasteiger partial charge in [0.15, 0.2) is 0 Å². The Morgan fingerprint density at radius 3 is 2.53 bits per heavy atom. The van der Waals surface area contributed by atoms with Crippen LogP contribution < -0.4 is 4.74 Å². The van der Waals surface area contributed by atoms with Gasteiger partial charge in [-0.2, -0.15) is 0 Å². The fourth-order valence-corrected chi connectivity index (χ4v) is 2.82. The van der Waals surface area contributed by atoms with Crippen LogP contribution in [0.4, 0.5) is 0 Å². The standard InChI is InChI=1S/C15H20O2/c1-10-8-15(17-3)14(9-11(2)16)13-7-5-4-6-12(10)13/h8H,4-7,9H2,1-3H3. The molecule has 0 radical (unpaired) electrons.